The fourth-order valence-corrected chi connectivity index (χ4v) is 1.86. The standard InChI is InChI=1S/C13H26N2O4/c1-12(2,3)19-11(17)15-5-6-18-10(7-15)13(4,8-14)9-16/h10,16H,5-9,14H2,1-4H3. The highest BCUT2D eigenvalue weighted by molar-refractivity contribution is 5.68. The molecular weight excluding hydrogens is 248 g/mol. The molecular formula is C13H26N2O4. The van der Waals surface area contributed by atoms with Crippen molar-refractivity contribution in [1.29, 1.82) is 0 Å². The molecule has 112 valence electrons. The van der Waals surface area contributed by atoms with Gasteiger partial charge in [0.2, 0.25) is 0 Å². The van der Waals surface area contributed by atoms with Crippen LogP contribution in [-0.4, -0.2) is 60.7 Å². The monoisotopic (exact) mass is 274 g/mol. The second kappa shape index (κ2) is 6.07. The molecule has 0 spiro atoms. The lowest BCUT2D eigenvalue weighted by atomic mass is 9.84. The summed E-state index contributed by atoms with van der Waals surface area (Å²) in [6, 6.07) is 0. The molecule has 1 aliphatic heterocycles. The lowest BCUT2D eigenvalue weighted by molar-refractivity contribution is -0.102. The van der Waals surface area contributed by atoms with Gasteiger partial charge in [-0.2, -0.15) is 0 Å². The molecule has 1 heterocycles. The Bertz CT molecular complexity index is 310. The van der Waals surface area contributed by atoms with Crippen LogP contribution in [-0.2, 0) is 9.47 Å². The lowest BCUT2D eigenvalue weighted by Crippen LogP contribution is -2.55. The van der Waals surface area contributed by atoms with Gasteiger partial charge >= 0.3 is 6.09 Å². The minimum Gasteiger partial charge on any atom is -0.444 e. The maximum absolute atomic E-state index is 12.0. The second-order valence-electron chi connectivity index (χ2n) is 6.30. The van der Waals surface area contributed by atoms with Crippen LogP contribution in [0.4, 0.5) is 4.79 Å². The van der Waals surface area contributed by atoms with Crippen LogP contribution < -0.4 is 5.73 Å². The molecule has 0 aliphatic carbocycles. The first-order chi connectivity index (χ1) is 8.72. The van der Waals surface area contributed by atoms with Gasteiger partial charge in [-0.05, 0) is 20.8 Å². The zero-order chi connectivity index (χ0) is 14.7. The van der Waals surface area contributed by atoms with Gasteiger partial charge in [-0.3, -0.25) is 0 Å². The predicted octanol–water partition coefficient (Wildman–Crippen LogP) is 0.580. The van der Waals surface area contributed by atoms with E-state index in [1.54, 1.807) is 4.90 Å². The molecule has 1 fully saturated rings. The van der Waals surface area contributed by atoms with Crippen molar-refractivity contribution in [3.8, 4) is 0 Å². The van der Waals surface area contributed by atoms with Gasteiger partial charge in [0.15, 0.2) is 0 Å². The van der Waals surface area contributed by atoms with Gasteiger partial charge in [0.05, 0.1) is 25.9 Å². The van der Waals surface area contributed by atoms with Crippen molar-refractivity contribution in [1.82, 2.24) is 4.90 Å². The molecule has 1 aliphatic rings. The van der Waals surface area contributed by atoms with E-state index >= 15 is 0 Å². The van der Waals surface area contributed by atoms with E-state index in [0.29, 0.717) is 26.2 Å². The fourth-order valence-electron chi connectivity index (χ4n) is 1.86. The topological polar surface area (TPSA) is 85.0 Å². The third-order valence-corrected chi connectivity index (χ3v) is 3.32. The van der Waals surface area contributed by atoms with Crippen LogP contribution in [0.5, 0.6) is 0 Å². The number of aliphatic hydroxyl groups is 1. The Morgan fingerprint density at radius 1 is 1.47 bits per heavy atom. The van der Waals surface area contributed by atoms with Crippen molar-refractivity contribution in [2.45, 2.75) is 39.4 Å². The van der Waals surface area contributed by atoms with E-state index in [4.69, 9.17) is 15.2 Å². The molecule has 0 aromatic rings. The number of carbonyl (C=O) groups excluding carboxylic acids is 1. The molecule has 1 amide bonds. The molecule has 6 nitrogen and oxygen atoms in total. The van der Waals surface area contributed by atoms with Gasteiger partial charge in [-0.25, -0.2) is 4.79 Å². The van der Waals surface area contributed by atoms with Crippen LogP contribution in [0.1, 0.15) is 27.7 Å². The van der Waals surface area contributed by atoms with Crippen LogP contribution >= 0.6 is 0 Å². The number of hydrogen-bond donors (Lipinski definition) is 2. The Kier molecular flexibility index (Phi) is 5.18. The van der Waals surface area contributed by atoms with Crippen LogP contribution in [0.2, 0.25) is 0 Å². The molecule has 1 saturated heterocycles. The summed E-state index contributed by atoms with van der Waals surface area (Å²) < 4.78 is 11.0. The van der Waals surface area contributed by atoms with Crippen LogP contribution in [0.25, 0.3) is 0 Å². The number of nitrogens with zero attached hydrogens (tertiary/aromatic N) is 1. The zero-order valence-corrected chi connectivity index (χ0v) is 12.3. The molecule has 2 atom stereocenters. The summed E-state index contributed by atoms with van der Waals surface area (Å²) in [5.74, 6) is 0. The van der Waals surface area contributed by atoms with E-state index in [0.717, 1.165) is 0 Å². The van der Waals surface area contributed by atoms with Crippen LogP contribution in [0.15, 0.2) is 0 Å². The highest BCUT2D eigenvalue weighted by Gasteiger charge is 2.38. The maximum atomic E-state index is 12.0. The Balaban J connectivity index is 2.67. The van der Waals surface area contributed by atoms with Gasteiger partial charge in [0, 0.05) is 18.5 Å². The van der Waals surface area contributed by atoms with E-state index < -0.39 is 11.0 Å². The molecule has 0 bridgehead atoms. The SMILES string of the molecule is CC(C)(C)OC(=O)N1CCOC(C(C)(CN)CO)C1. The minimum atomic E-state index is -0.541. The number of aliphatic hydroxyl groups excluding tert-OH is 1. The van der Waals surface area contributed by atoms with Gasteiger partial charge in [-0.1, -0.05) is 6.92 Å². The van der Waals surface area contributed by atoms with Crippen molar-refractivity contribution in [2.75, 3.05) is 32.8 Å². The summed E-state index contributed by atoms with van der Waals surface area (Å²) in [6.45, 7) is 8.91. The largest absolute Gasteiger partial charge is 0.444 e. The normalized spacial score (nSPS) is 23.9. The summed E-state index contributed by atoms with van der Waals surface area (Å²) in [5.41, 5.74) is 4.64. The zero-order valence-electron chi connectivity index (χ0n) is 12.3. The lowest BCUT2D eigenvalue weighted by Gasteiger charge is -2.41. The van der Waals surface area contributed by atoms with E-state index in [2.05, 4.69) is 0 Å². The smallest absolute Gasteiger partial charge is 0.410 e. The number of hydrogen-bond acceptors (Lipinski definition) is 5. The number of ether oxygens (including phenoxy) is 2. The molecule has 0 radical (unpaired) electrons. The first-order valence-corrected chi connectivity index (χ1v) is 6.62. The first-order valence-electron chi connectivity index (χ1n) is 6.62. The minimum absolute atomic E-state index is 0.0731. The van der Waals surface area contributed by atoms with Gasteiger partial charge < -0.3 is 25.2 Å². The van der Waals surface area contributed by atoms with Crippen LogP contribution in [0, 0.1) is 5.41 Å². The molecule has 1 rings (SSSR count). The highest BCUT2D eigenvalue weighted by atomic mass is 16.6. The number of morpholine rings is 1. The summed E-state index contributed by atoms with van der Waals surface area (Å²) >= 11 is 0. The quantitative estimate of drug-likeness (QED) is 0.786. The molecule has 2 unspecified atom stereocenters. The number of carbonyl (C=O) groups is 1. The summed E-state index contributed by atoms with van der Waals surface area (Å²) in [4.78, 5) is 13.6. The van der Waals surface area contributed by atoms with Crippen molar-refractivity contribution in [3.63, 3.8) is 0 Å². The Morgan fingerprint density at radius 3 is 2.58 bits per heavy atom. The average molecular weight is 274 g/mol. The molecule has 0 aromatic heterocycles. The van der Waals surface area contributed by atoms with Gasteiger partial charge in [0.1, 0.15) is 5.60 Å². The molecule has 0 aromatic carbocycles. The summed E-state index contributed by atoms with van der Waals surface area (Å²) in [6.07, 6.45) is -0.623. The summed E-state index contributed by atoms with van der Waals surface area (Å²) in [5, 5.41) is 9.45. The van der Waals surface area contributed by atoms with Gasteiger partial charge in [-0.15, -0.1) is 0 Å². The van der Waals surface area contributed by atoms with Gasteiger partial charge in [0.25, 0.3) is 0 Å². The predicted molar refractivity (Wildman–Crippen MR) is 71.8 cm³/mol. The van der Waals surface area contributed by atoms with E-state index in [1.807, 2.05) is 27.7 Å². The van der Waals surface area contributed by atoms with E-state index in [-0.39, 0.29) is 18.8 Å². The molecule has 0 saturated carbocycles. The average Bonchev–Trinajstić information content (AvgIpc) is 2.36. The highest BCUT2D eigenvalue weighted by Crippen LogP contribution is 2.26. The number of rotatable bonds is 3. The number of nitrogens with two attached hydrogens (primary N) is 1. The Hall–Kier alpha value is -0.850. The fraction of sp³-hybridized carbons (Fsp3) is 0.923. The molecule has 3 N–H and O–H groups in total. The molecule has 19 heavy (non-hydrogen) atoms. The Morgan fingerprint density at radius 2 is 2.11 bits per heavy atom. The maximum Gasteiger partial charge on any atom is 0.410 e. The van der Waals surface area contributed by atoms with Crippen molar-refractivity contribution in [3.05, 3.63) is 0 Å². The van der Waals surface area contributed by atoms with Crippen molar-refractivity contribution < 1.29 is 19.4 Å². The first kappa shape index (κ1) is 16.2. The third kappa shape index (κ3) is 4.33. The van der Waals surface area contributed by atoms with Crippen molar-refractivity contribution >= 4 is 6.09 Å². The third-order valence-electron chi connectivity index (χ3n) is 3.32. The Labute approximate surface area is 114 Å². The summed E-state index contributed by atoms with van der Waals surface area (Å²) in [7, 11) is 0. The van der Waals surface area contributed by atoms with Crippen molar-refractivity contribution in [2.24, 2.45) is 11.1 Å². The number of amides is 1. The van der Waals surface area contributed by atoms with E-state index in [9.17, 15) is 9.90 Å². The van der Waals surface area contributed by atoms with E-state index in [1.165, 1.54) is 0 Å². The van der Waals surface area contributed by atoms with Crippen LogP contribution in [0.3, 0.4) is 0 Å². The second-order valence-corrected chi connectivity index (χ2v) is 6.30. The molecule has 6 heteroatoms.